The van der Waals surface area contributed by atoms with E-state index in [1.165, 1.54) is 0 Å². The highest BCUT2D eigenvalue weighted by molar-refractivity contribution is 5.59. The molecule has 0 saturated heterocycles. The van der Waals surface area contributed by atoms with E-state index in [9.17, 15) is 0 Å². The molecule has 0 spiro atoms. The number of benzene rings is 8. The van der Waals surface area contributed by atoms with Gasteiger partial charge in [0.1, 0.15) is 74.1 Å². The SMILES string of the molecule is c1ccc(COc2cc(COc3cc(COCc4ccnc(-c5ccccc5)c4)cc(OCc4cc(OCc5ccccc5)cc(OCc5ccccc5)c4)c3)cc(OCc3ccccc3)c2)cc1. The van der Waals surface area contributed by atoms with Crippen LogP contribution in [0.15, 0.2) is 225 Å². The van der Waals surface area contributed by atoms with Gasteiger partial charge < -0.3 is 33.2 Å². The molecule has 0 aliphatic heterocycles. The van der Waals surface area contributed by atoms with Crippen LogP contribution in [0, 0.1) is 0 Å². The Balaban J connectivity index is 0.945. The molecule has 9 rings (SSSR count). The van der Waals surface area contributed by atoms with Gasteiger partial charge in [0.25, 0.3) is 0 Å². The second-order valence-corrected chi connectivity index (χ2v) is 16.5. The maximum absolute atomic E-state index is 6.58. The number of ether oxygens (including phenoxy) is 7. The maximum atomic E-state index is 6.58. The van der Waals surface area contributed by atoms with Gasteiger partial charge in [-0.3, -0.25) is 4.98 Å². The third-order valence-corrected chi connectivity index (χ3v) is 11.1. The standard InChI is InChI=1S/C61H53NO7/c1-6-16-46(17-7-1)40-64-57-30-52(31-58(36-57)65-41-47-18-8-2-9-19-47)44-68-55-28-51(39-63-38-50-26-27-62-61(34-50)54-24-14-5-15-25-54)29-56(35-55)69-45-53-32-59(66-42-48-20-10-3-11-21-48)37-60(33-53)67-43-49-22-12-4-13-23-49/h1-37H,38-45H2. The van der Waals surface area contributed by atoms with E-state index in [1.54, 1.807) is 0 Å². The summed E-state index contributed by atoms with van der Waals surface area (Å²) in [5.41, 5.74) is 9.91. The van der Waals surface area contributed by atoms with Crippen LogP contribution in [-0.4, -0.2) is 4.98 Å². The number of rotatable bonds is 23. The molecule has 8 nitrogen and oxygen atoms in total. The normalized spacial score (nSPS) is 10.8. The van der Waals surface area contributed by atoms with E-state index in [0.717, 1.165) is 55.8 Å². The average Bonchev–Trinajstić information content (AvgIpc) is 3.41. The van der Waals surface area contributed by atoms with Crippen LogP contribution in [0.4, 0.5) is 0 Å². The van der Waals surface area contributed by atoms with Crippen molar-refractivity contribution < 1.29 is 33.2 Å². The van der Waals surface area contributed by atoms with Crippen molar-refractivity contribution in [1.29, 1.82) is 0 Å². The van der Waals surface area contributed by atoms with Crippen molar-refractivity contribution in [2.24, 2.45) is 0 Å². The molecule has 0 aliphatic carbocycles. The van der Waals surface area contributed by atoms with Crippen molar-refractivity contribution in [1.82, 2.24) is 4.98 Å². The molecule has 0 saturated carbocycles. The Kier molecular flexibility index (Phi) is 15.9. The molecule has 344 valence electrons. The van der Waals surface area contributed by atoms with Gasteiger partial charge in [-0.25, -0.2) is 0 Å². The predicted molar refractivity (Wildman–Crippen MR) is 269 cm³/mol. The summed E-state index contributed by atoms with van der Waals surface area (Å²) in [4.78, 5) is 4.59. The number of nitrogens with zero attached hydrogens (tertiary/aromatic N) is 1. The number of hydrogen-bond acceptors (Lipinski definition) is 8. The van der Waals surface area contributed by atoms with Crippen LogP contribution in [0.1, 0.15) is 44.5 Å². The van der Waals surface area contributed by atoms with E-state index in [1.807, 2.05) is 206 Å². The molecule has 0 N–H and O–H groups in total. The summed E-state index contributed by atoms with van der Waals surface area (Å²) >= 11 is 0. The number of hydrogen-bond donors (Lipinski definition) is 0. The molecule has 8 heteroatoms. The van der Waals surface area contributed by atoms with E-state index in [2.05, 4.69) is 23.2 Å². The lowest BCUT2D eigenvalue weighted by atomic mass is 10.1. The second kappa shape index (κ2) is 23.9. The zero-order valence-electron chi connectivity index (χ0n) is 38.3. The summed E-state index contributed by atoms with van der Waals surface area (Å²) in [5.74, 6) is 3.97. The molecule has 8 aromatic carbocycles. The highest BCUT2D eigenvalue weighted by Gasteiger charge is 2.12. The van der Waals surface area contributed by atoms with Gasteiger partial charge in [-0.1, -0.05) is 152 Å². The molecule has 1 heterocycles. The zero-order chi connectivity index (χ0) is 46.7. The van der Waals surface area contributed by atoms with Crippen LogP contribution in [-0.2, 0) is 57.6 Å². The largest absolute Gasteiger partial charge is 0.489 e. The Morgan fingerprint density at radius 2 is 0.536 bits per heavy atom. The van der Waals surface area contributed by atoms with Crippen LogP contribution < -0.4 is 28.4 Å². The van der Waals surface area contributed by atoms with E-state index in [0.29, 0.717) is 74.1 Å². The Bertz CT molecular complexity index is 2690. The van der Waals surface area contributed by atoms with Crippen molar-refractivity contribution in [3.05, 3.63) is 269 Å². The van der Waals surface area contributed by atoms with E-state index in [4.69, 9.17) is 33.2 Å². The van der Waals surface area contributed by atoms with E-state index >= 15 is 0 Å². The van der Waals surface area contributed by atoms with Crippen LogP contribution in [0.25, 0.3) is 11.3 Å². The van der Waals surface area contributed by atoms with Crippen LogP contribution >= 0.6 is 0 Å². The molecule has 69 heavy (non-hydrogen) atoms. The molecule has 9 aromatic rings. The highest BCUT2D eigenvalue weighted by atomic mass is 16.5. The van der Waals surface area contributed by atoms with Crippen LogP contribution in [0.3, 0.4) is 0 Å². The average molecular weight is 912 g/mol. The summed E-state index contributed by atoms with van der Waals surface area (Å²) in [5, 5.41) is 0. The summed E-state index contributed by atoms with van der Waals surface area (Å²) in [7, 11) is 0. The molecular weight excluding hydrogens is 859 g/mol. The molecular formula is C61H53NO7. The Morgan fingerprint density at radius 3 is 0.884 bits per heavy atom. The molecule has 0 bridgehead atoms. The lowest BCUT2D eigenvalue weighted by Crippen LogP contribution is -2.03. The first-order chi connectivity index (χ1) is 34.1. The maximum Gasteiger partial charge on any atom is 0.123 e. The fourth-order valence-corrected chi connectivity index (χ4v) is 7.56. The molecule has 0 aliphatic rings. The van der Waals surface area contributed by atoms with Crippen molar-refractivity contribution in [3.8, 4) is 45.8 Å². The topological polar surface area (TPSA) is 77.5 Å². The lowest BCUT2D eigenvalue weighted by molar-refractivity contribution is 0.106. The molecule has 0 fully saturated rings. The van der Waals surface area contributed by atoms with Crippen molar-refractivity contribution in [2.45, 2.75) is 52.9 Å². The van der Waals surface area contributed by atoms with Crippen molar-refractivity contribution >= 4 is 0 Å². The Labute approximate surface area is 404 Å². The Hall–Kier alpha value is -8.33. The quantitative estimate of drug-likeness (QED) is 0.0628. The van der Waals surface area contributed by atoms with Gasteiger partial charge >= 0.3 is 0 Å². The molecule has 0 unspecified atom stereocenters. The third-order valence-electron chi connectivity index (χ3n) is 11.1. The van der Waals surface area contributed by atoms with Gasteiger partial charge in [0, 0.05) is 30.0 Å². The summed E-state index contributed by atoms with van der Waals surface area (Å²) < 4.78 is 44.7. The summed E-state index contributed by atoms with van der Waals surface area (Å²) in [6.07, 6.45) is 1.82. The first-order valence-corrected chi connectivity index (χ1v) is 23.0. The molecule has 0 amide bonds. The van der Waals surface area contributed by atoms with Crippen molar-refractivity contribution in [3.63, 3.8) is 0 Å². The fraction of sp³-hybridized carbons (Fsp3) is 0.131. The number of pyridine rings is 1. The fourth-order valence-electron chi connectivity index (χ4n) is 7.56. The Morgan fingerprint density at radius 1 is 0.246 bits per heavy atom. The highest BCUT2D eigenvalue weighted by Crippen LogP contribution is 2.31. The smallest absolute Gasteiger partial charge is 0.123 e. The van der Waals surface area contributed by atoms with Gasteiger partial charge in [-0.05, 0) is 93.0 Å². The van der Waals surface area contributed by atoms with Gasteiger partial charge in [0.2, 0.25) is 0 Å². The van der Waals surface area contributed by atoms with Gasteiger partial charge in [0.15, 0.2) is 0 Å². The van der Waals surface area contributed by atoms with Gasteiger partial charge in [-0.2, -0.15) is 0 Å². The molecule has 1 aromatic heterocycles. The molecule has 0 radical (unpaired) electrons. The minimum absolute atomic E-state index is 0.246. The van der Waals surface area contributed by atoms with Gasteiger partial charge in [0.05, 0.1) is 18.9 Å². The minimum atomic E-state index is 0.246. The van der Waals surface area contributed by atoms with Crippen molar-refractivity contribution in [2.75, 3.05) is 0 Å². The monoisotopic (exact) mass is 911 g/mol. The predicted octanol–water partition coefficient (Wildman–Crippen LogP) is 13.9. The van der Waals surface area contributed by atoms with Crippen LogP contribution in [0.5, 0.6) is 34.5 Å². The summed E-state index contributed by atoms with van der Waals surface area (Å²) in [6.45, 7) is 2.88. The second-order valence-electron chi connectivity index (χ2n) is 16.5. The number of aromatic nitrogens is 1. The molecule has 0 atom stereocenters. The summed E-state index contributed by atoms with van der Waals surface area (Å²) in [6, 6.07) is 72.3. The first-order valence-electron chi connectivity index (χ1n) is 23.0. The first kappa shape index (κ1) is 45.8. The zero-order valence-corrected chi connectivity index (χ0v) is 38.3. The third kappa shape index (κ3) is 14.3. The van der Waals surface area contributed by atoms with E-state index < -0.39 is 0 Å². The van der Waals surface area contributed by atoms with E-state index in [-0.39, 0.29) is 13.2 Å². The van der Waals surface area contributed by atoms with Gasteiger partial charge in [-0.15, -0.1) is 0 Å². The van der Waals surface area contributed by atoms with Crippen LogP contribution in [0.2, 0.25) is 0 Å². The lowest BCUT2D eigenvalue weighted by Gasteiger charge is -2.16. The minimum Gasteiger partial charge on any atom is -0.489 e.